The quantitative estimate of drug-likeness (QED) is 0.860. The Labute approximate surface area is 138 Å². The van der Waals surface area contributed by atoms with E-state index in [9.17, 15) is 8.42 Å². The molecule has 88 valence electrons. The molecule has 0 aliphatic rings. The van der Waals surface area contributed by atoms with E-state index in [1.165, 1.54) is 24.3 Å². The molecular weight excluding hydrogens is 314 g/mol. The summed E-state index contributed by atoms with van der Waals surface area (Å²) in [6.07, 6.45) is 0. The fourth-order valence-corrected chi connectivity index (χ4v) is 2.64. The van der Waals surface area contributed by atoms with E-state index in [-0.39, 0.29) is 60.9 Å². The smallest absolute Gasteiger partial charge is 1.00 e. The second-order valence-corrected chi connectivity index (χ2v) is 5.26. The number of aromatic hydroxyl groups is 1. The number of phenolic OH excluding ortho intramolecular Hbond substituents is 1. The molecule has 0 aliphatic heterocycles. The number of hydrogen-bond acceptors (Lipinski definition) is 3. The Bertz CT molecular complexity index is 592. The molecule has 0 unspecified atom stereocenters. The number of phenols is 1. The van der Waals surface area contributed by atoms with E-state index in [0.717, 1.165) is 0 Å². The number of rotatable bonds is 2. The summed E-state index contributed by atoms with van der Waals surface area (Å²) in [7, 11) is -3.47. The van der Waals surface area contributed by atoms with Gasteiger partial charge in [-0.25, -0.2) is 8.42 Å². The van der Waals surface area contributed by atoms with Crippen molar-refractivity contribution < 1.29 is 35.9 Å². The molecule has 0 bridgehead atoms. The summed E-state index contributed by atoms with van der Waals surface area (Å²) >= 11 is 0. The van der Waals surface area contributed by atoms with Crippen LogP contribution in [-0.4, -0.2) is 36.6 Å². The van der Waals surface area contributed by atoms with Gasteiger partial charge in [-0.05, 0) is 36.4 Å². The van der Waals surface area contributed by atoms with Gasteiger partial charge in [0.1, 0.15) is 5.75 Å². The molecule has 3 nitrogen and oxygen atoms in total. The fourth-order valence-electron chi connectivity index (χ4n) is 1.36. The summed E-state index contributed by atoms with van der Waals surface area (Å²) in [6, 6.07) is 13.7. The third-order valence-corrected chi connectivity index (χ3v) is 3.99. The SMILES string of the molecule is O=S(=O)(c1ccccc1)c1ccc(O)cc1.[H-].[H-].[Mg+2].[Zn]. The van der Waals surface area contributed by atoms with Crippen LogP contribution in [0.25, 0.3) is 0 Å². The summed E-state index contributed by atoms with van der Waals surface area (Å²) in [4.78, 5) is 0.428. The van der Waals surface area contributed by atoms with Crippen molar-refractivity contribution in [3.63, 3.8) is 0 Å². The molecule has 2 rings (SSSR count). The first kappa shape index (κ1) is 17.6. The van der Waals surface area contributed by atoms with E-state index in [4.69, 9.17) is 5.11 Å². The minimum atomic E-state index is -3.47. The van der Waals surface area contributed by atoms with Gasteiger partial charge in [0.05, 0.1) is 9.79 Å². The van der Waals surface area contributed by atoms with Crippen LogP contribution in [0.1, 0.15) is 2.85 Å². The first-order valence-corrected chi connectivity index (χ1v) is 6.18. The molecule has 6 heteroatoms. The largest absolute Gasteiger partial charge is 2.00 e. The molecular formula is C12H12MgO3SZn. The number of sulfone groups is 1. The van der Waals surface area contributed by atoms with E-state index in [2.05, 4.69) is 0 Å². The molecule has 0 spiro atoms. The van der Waals surface area contributed by atoms with Gasteiger partial charge in [0.15, 0.2) is 0 Å². The van der Waals surface area contributed by atoms with Crippen LogP contribution < -0.4 is 0 Å². The Hall–Kier alpha value is -0.420. The monoisotopic (exact) mass is 324 g/mol. The normalized spacial score (nSPS) is 10.0. The van der Waals surface area contributed by atoms with E-state index in [1.54, 1.807) is 30.3 Å². The molecule has 0 atom stereocenters. The van der Waals surface area contributed by atoms with E-state index in [0.29, 0.717) is 0 Å². The Balaban J connectivity index is -0.000000722. The molecule has 18 heavy (non-hydrogen) atoms. The maximum absolute atomic E-state index is 12.1. The summed E-state index contributed by atoms with van der Waals surface area (Å²) in [6.45, 7) is 0. The summed E-state index contributed by atoms with van der Waals surface area (Å²) in [5.74, 6) is 0.0482. The van der Waals surface area contributed by atoms with Gasteiger partial charge in [0, 0.05) is 19.5 Å². The van der Waals surface area contributed by atoms with Crippen molar-refractivity contribution in [3.05, 3.63) is 54.6 Å². The van der Waals surface area contributed by atoms with Crippen LogP contribution in [0.2, 0.25) is 0 Å². The van der Waals surface area contributed by atoms with E-state index >= 15 is 0 Å². The van der Waals surface area contributed by atoms with Gasteiger partial charge in [-0.1, -0.05) is 18.2 Å². The molecule has 2 aromatic carbocycles. The second kappa shape index (κ2) is 7.24. The third kappa shape index (κ3) is 3.78. The van der Waals surface area contributed by atoms with Gasteiger partial charge in [-0.15, -0.1) is 0 Å². The third-order valence-electron chi connectivity index (χ3n) is 2.20. The zero-order chi connectivity index (χ0) is 11.6. The van der Waals surface area contributed by atoms with Crippen LogP contribution in [0.15, 0.2) is 64.4 Å². The van der Waals surface area contributed by atoms with E-state index in [1.807, 2.05) is 0 Å². The van der Waals surface area contributed by atoms with Gasteiger partial charge < -0.3 is 7.96 Å². The van der Waals surface area contributed by atoms with Gasteiger partial charge in [-0.3, -0.25) is 0 Å². The summed E-state index contributed by atoms with van der Waals surface area (Å²) in [5.41, 5.74) is 0. The van der Waals surface area contributed by atoms with Gasteiger partial charge in [-0.2, -0.15) is 0 Å². The average molecular weight is 326 g/mol. The van der Waals surface area contributed by atoms with Gasteiger partial charge in [0.2, 0.25) is 9.84 Å². The molecule has 2 aromatic rings. The minimum Gasteiger partial charge on any atom is -1.00 e. The van der Waals surface area contributed by atoms with Crippen molar-refractivity contribution in [2.75, 3.05) is 0 Å². The van der Waals surface area contributed by atoms with Crippen LogP contribution in [0.5, 0.6) is 5.75 Å². The van der Waals surface area contributed by atoms with Crippen LogP contribution >= 0.6 is 0 Å². The maximum atomic E-state index is 12.1. The van der Waals surface area contributed by atoms with Gasteiger partial charge in [0.25, 0.3) is 0 Å². The van der Waals surface area contributed by atoms with E-state index < -0.39 is 9.84 Å². The minimum absolute atomic E-state index is 0. The zero-order valence-electron chi connectivity index (χ0n) is 11.8. The predicted octanol–water partition coefficient (Wildman–Crippen LogP) is 2.07. The molecule has 0 heterocycles. The standard InChI is InChI=1S/C12H10O3S.Mg.Zn.2H/c13-10-6-8-12(9-7-10)16(14,15)11-4-2-1-3-5-11;;;;/h1-9,13H;;;;/q;+2;;2*-1. The van der Waals surface area contributed by atoms with Crippen molar-refractivity contribution in [1.82, 2.24) is 0 Å². The Kier molecular flexibility index (Phi) is 7.07. The summed E-state index contributed by atoms with van der Waals surface area (Å²) < 4.78 is 24.1. The number of benzene rings is 2. The topological polar surface area (TPSA) is 54.4 Å². The molecule has 0 aromatic heterocycles. The molecule has 0 saturated heterocycles. The van der Waals surface area contributed by atoms with Crippen LogP contribution in [0.3, 0.4) is 0 Å². The predicted molar refractivity (Wildman–Crippen MR) is 68.0 cm³/mol. The maximum Gasteiger partial charge on any atom is 2.00 e. The fraction of sp³-hybridized carbons (Fsp3) is 0. The van der Waals surface area contributed by atoms with Crippen molar-refractivity contribution in [3.8, 4) is 5.75 Å². The molecule has 0 saturated carbocycles. The van der Waals surface area contributed by atoms with Crippen LogP contribution in [-0.2, 0) is 29.3 Å². The second-order valence-electron chi connectivity index (χ2n) is 3.31. The molecule has 1 N–H and O–H groups in total. The van der Waals surface area contributed by atoms with Crippen LogP contribution in [0.4, 0.5) is 0 Å². The Morgan fingerprint density at radius 1 is 0.833 bits per heavy atom. The van der Waals surface area contributed by atoms with Crippen LogP contribution in [0, 0.1) is 0 Å². The molecule has 0 amide bonds. The van der Waals surface area contributed by atoms with Crippen molar-refractivity contribution in [2.24, 2.45) is 0 Å². The van der Waals surface area contributed by atoms with Crippen molar-refractivity contribution >= 4 is 32.9 Å². The molecule has 0 aliphatic carbocycles. The summed E-state index contributed by atoms with van der Waals surface area (Å²) in [5, 5.41) is 9.10. The molecule has 0 fully saturated rings. The zero-order valence-corrected chi connectivity index (χ0v) is 15.0. The van der Waals surface area contributed by atoms with Crippen molar-refractivity contribution in [2.45, 2.75) is 9.79 Å². The Morgan fingerprint density at radius 3 is 1.78 bits per heavy atom. The average Bonchev–Trinajstić information content (AvgIpc) is 2.31. The number of hydrogen-bond donors (Lipinski definition) is 1. The molecule has 0 radical (unpaired) electrons. The Morgan fingerprint density at radius 2 is 1.28 bits per heavy atom. The first-order valence-electron chi connectivity index (χ1n) is 4.70. The first-order chi connectivity index (χ1) is 7.60. The van der Waals surface area contributed by atoms with Crippen molar-refractivity contribution in [1.29, 1.82) is 0 Å². The van der Waals surface area contributed by atoms with Gasteiger partial charge >= 0.3 is 23.1 Å².